The van der Waals surface area contributed by atoms with Crippen molar-refractivity contribution in [2.45, 2.75) is 45.4 Å². The second-order valence-electron chi connectivity index (χ2n) is 4.69. The third kappa shape index (κ3) is 4.78. The normalized spacial score (nSPS) is 23.6. The predicted octanol–water partition coefficient (Wildman–Crippen LogP) is 0.995. The molecule has 0 saturated heterocycles. The number of azide groups is 1. The summed E-state index contributed by atoms with van der Waals surface area (Å²) in [5.41, 5.74) is 8.93. The second kappa shape index (κ2) is 8.04. The third-order valence-electron chi connectivity index (χ3n) is 2.97. The number of ether oxygens (including phenoxy) is 2. The Balaban J connectivity index is 3.15. The van der Waals surface area contributed by atoms with Crippen molar-refractivity contribution in [2.24, 2.45) is 5.11 Å². The molecule has 0 unspecified atom stereocenters. The van der Waals surface area contributed by atoms with Gasteiger partial charge in [-0.25, -0.2) is 4.79 Å². The quantitative estimate of drug-likeness (QED) is 0.350. The summed E-state index contributed by atoms with van der Waals surface area (Å²) >= 11 is 0. The maximum atomic E-state index is 11.9. The van der Waals surface area contributed by atoms with Crippen LogP contribution < -0.4 is 5.32 Å². The molecule has 9 heteroatoms. The van der Waals surface area contributed by atoms with Gasteiger partial charge in [-0.2, -0.15) is 0 Å². The fourth-order valence-electron chi connectivity index (χ4n) is 2.23. The Hall–Kier alpha value is -2.54. The van der Waals surface area contributed by atoms with Crippen LogP contribution in [0.5, 0.6) is 0 Å². The van der Waals surface area contributed by atoms with Crippen LogP contribution in [0.4, 0.5) is 0 Å². The second-order valence-corrected chi connectivity index (χ2v) is 4.69. The summed E-state index contributed by atoms with van der Waals surface area (Å²) < 4.78 is 10.0. The Morgan fingerprint density at radius 2 is 2.14 bits per heavy atom. The first kappa shape index (κ1) is 17.5. The van der Waals surface area contributed by atoms with E-state index in [0.717, 1.165) is 0 Å². The molecule has 0 aromatic carbocycles. The van der Waals surface area contributed by atoms with Crippen LogP contribution in [-0.2, 0) is 23.9 Å². The summed E-state index contributed by atoms with van der Waals surface area (Å²) in [5, 5.41) is 6.19. The zero-order valence-corrected chi connectivity index (χ0v) is 12.6. The average molecular weight is 310 g/mol. The Kier molecular flexibility index (Phi) is 6.40. The molecule has 0 heterocycles. The number of hydrogen-bond donors (Lipinski definition) is 1. The lowest BCUT2D eigenvalue weighted by molar-refractivity contribution is -0.146. The first-order valence-corrected chi connectivity index (χ1v) is 6.75. The van der Waals surface area contributed by atoms with Gasteiger partial charge in [-0.05, 0) is 18.5 Å². The number of amides is 1. The number of carbonyl (C=O) groups is 3. The number of hydrogen-bond acceptors (Lipinski definition) is 6. The molecule has 3 atom stereocenters. The number of carbonyl (C=O) groups excluding carboxylic acids is 3. The molecule has 0 saturated carbocycles. The minimum atomic E-state index is -0.946. The van der Waals surface area contributed by atoms with E-state index in [1.54, 1.807) is 6.92 Å². The maximum Gasteiger partial charge on any atom is 0.333 e. The van der Waals surface area contributed by atoms with E-state index in [2.05, 4.69) is 15.3 Å². The SMILES string of the molecule is CCOC(=O)C1=C[C@@H](OC(C)=O)[C@H](N=[N+]=[N-])[C@@H](NC(C)=O)C1. The van der Waals surface area contributed by atoms with Crippen LogP contribution in [0.1, 0.15) is 27.2 Å². The number of nitrogens with one attached hydrogen (secondary N) is 1. The molecule has 0 fully saturated rings. The summed E-state index contributed by atoms with van der Waals surface area (Å²) in [5.74, 6) is -1.50. The van der Waals surface area contributed by atoms with Crippen molar-refractivity contribution in [3.63, 3.8) is 0 Å². The van der Waals surface area contributed by atoms with Crippen molar-refractivity contribution in [1.29, 1.82) is 0 Å². The van der Waals surface area contributed by atoms with Crippen LogP contribution in [0.3, 0.4) is 0 Å². The first-order valence-electron chi connectivity index (χ1n) is 6.75. The molecule has 1 aliphatic carbocycles. The highest BCUT2D eigenvalue weighted by molar-refractivity contribution is 5.89. The zero-order chi connectivity index (χ0) is 16.7. The molecule has 0 radical (unpaired) electrons. The third-order valence-corrected chi connectivity index (χ3v) is 2.97. The van der Waals surface area contributed by atoms with E-state index in [0.29, 0.717) is 0 Å². The molecule has 0 aliphatic heterocycles. The smallest absolute Gasteiger partial charge is 0.333 e. The number of rotatable bonds is 5. The van der Waals surface area contributed by atoms with E-state index in [9.17, 15) is 14.4 Å². The van der Waals surface area contributed by atoms with Crippen LogP contribution >= 0.6 is 0 Å². The van der Waals surface area contributed by atoms with Gasteiger partial charge < -0.3 is 14.8 Å². The van der Waals surface area contributed by atoms with E-state index in [1.807, 2.05) is 0 Å². The van der Waals surface area contributed by atoms with Gasteiger partial charge in [0.2, 0.25) is 5.91 Å². The molecule has 120 valence electrons. The molecular weight excluding hydrogens is 292 g/mol. The van der Waals surface area contributed by atoms with Gasteiger partial charge in [-0.1, -0.05) is 5.11 Å². The number of nitrogens with zero attached hydrogens (tertiary/aromatic N) is 3. The van der Waals surface area contributed by atoms with E-state index in [1.165, 1.54) is 19.9 Å². The van der Waals surface area contributed by atoms with Crippen LogP contribution in [0, 0.1) is 0 Å². The van der Waals surface area contributed by atoms with Crippen molar-refractivity contribution in [3.8, 4) is 0 Å². The molecular formula is C13H18N4O5. The van der Waals surface area contributed by atoms with Crippen molar-refractivity contribution in [3.05, 3.63) is 22.1 Å². The van der Waals surface area contributed by atoms with Gasteiger partial charge in [0.25, 0.3) is 0 Å². The van der Waals surface area contributed by atoms with Crippen molar-refractivity contribution < 1.29 is 23.9 Å². The molecule has 1 N–H and O–H groups in total. The molecule has 1 aliphatic rings. The Morgan fingerprint density at radius 1 is 1.45 bits per heavy atom. The van der Waals surface area contributed by atoms with E-state index in [-0.39, 0.29) is 24.5 Å². The molecule has 0 bridgehead atoms. The minimum absolute atomic E-state index is 0.125. The molecule has 0 spiro atoms. The lowest BCUT2D eigenvalue weighted by Gasteiger charge is -2.33. The summed E-state index contributed by atoms with van der Waals surface area (Å²) in [6, 6.07) is -1.50. The summed E-state index contributed by atoms with van der Waals surface area (Å²) in [7, 11) is 0. The molecule has 1 rings (SSSR count). The van der Waals surface area contributed by atoms with E-state index in [4.69, 9.17) is 15.0 Å². The summed E-state index contributed by atoms with van der Waals surface area (Å²) in [6.45, 7) is 4.36. The van der Waals surface area contributed by atoms with Gasteiger partial charge in [0.05, 0.1) is 12.6 Å². The zero-order valence-electron chi connectivity index (χ0n) is 12.6. The lowest BCUT2D eigenvalue weighted by Crippen LogP contribution is -2.50. The Bertz CT molecular complexity index is 539. The largest absolute Gasteiger partial charge is 0.463 e. The van der Waals surface area contributed by atoms with Crippen molar-refractivity contribution >= 4 is 17.8 Å². The summed E-state index contributed by atoms with van der Waals surface area (Å²) in [6.07, 6.45) is 0.579. The average Bonchev–Trinajstić information content (AvgIpc) is 2.41. The first-order chi connectivity index (χ1) is 10.4. The Labute approximate surface area is 127 Å². The summed E-state index contributed by atoms with van der Waals surface area (Å²) in [4.78, 5) is 37.1. The van der Waals surface area contributed by atoms with Crippen LogP contribution in [0.25, 0.3) is 10.4 Å². The highest BCUT2D eigenvalue weighted by atomic mass is 16.5. The van der Waals surface area contributed by atoms with Crippen molar-refractivity contribution in [2.75, 3.05) is 6.61 Å². The van der Waals surface area contributed by atoms with Crippen LogP contribution in [-0.4, -0.2) is 42.6 Å². The number of esters is 2. The highest BCUT2D eigenvalue weighted by Gasteiger charge is 2.37. The van der Waals surface area contributed by atoms with Gasteiger partial charge >= 0.3 is 11.9 Å². The molecule has 9 nitrogen and oxygen atoms in total. The van der Waals surface area contributed by atoms with E-state index < -0.39 is 30.1 Å². The lowest BCUT2D eigenvalue weighted by atomic mass is 9.88. The van der Waals surface area contributed by atoms with Gasteiger partial charge in [-0.15, -0.1) is 0 Å². The molecule has 0 aromatic rings. The minimum Gasteiger partial charge on any atom is -0.463 e. The molecule has 1 amide bonds. The van der Waals surface area contributed by atoms with Gasteiger partial charge in [-0.3, -0.25) is 9.59 Å². The topological polar surface area (TPSA) is 130 Å². The predicted molar refractivity (Wildman–Crippen MR) is 75.4 cm³/mol. The highest BCUT2D eigenvalue weighted by Crippen LogP contribution is 2.25. The van der Waals surface area contributed by atoms with E-state index >= 15 is 0 Å². The fourth-order valence-corrected chi connectivity index (χ4v) is 2.23. The van der Waals surface area contributed by atoms with Gasteiger partial charge in [0.1, 0.15) is 6.10 Å². The van der Waals surface area contributed by atoms with Gasteiger partial charge in [0, 0.05) is 36.8 Å². The van der Waals surface area contributed by atoms with Crippen LogP contribution in [0.15, 0.2) is 16.8 Å². The van der Waals surface area contributed by atoms with Crippen LogP contribution in [0.2, 0.25) is 0 Å². The Morgan fingerprint density at radius 3 is 2.64 bits per heavy atom. The monoisotopic (exact) mass is 310 g/mol. The van der Waals surface area contributed by atoms with Gasteiger partial charge in [0.15, 0.2) is 0 Å². The molecule has 22 heavy (non-hydrogen) atoms. The maximum absolute atomic E-state index is 11.9. The molecule has 0 aromatic heterocycles. The standard InChI is InChI=1S/C13H18N4O5/c1-4-21-13(20)9-5-10(15-7(2)18)12(16-17-14)11(6-9)22-8(3)19/h6,10-12H,4-5H2,1-3H3,(H,15,18)/t10-,11+,12+/m0/s1. The fraction of sp³-hybridized carbons (Fsp3) is 0.615. The van der Waals surface area contributed by atoms with Crippen molar-refractivity contribution in [1.82, 2.24) is 5.32 Å².